The van der Waals surface area contributed by atoms with Gasteiger partial charge >= 0.3 is 0 Å². The molecule has 0 radical (unpaired) electrons. The standard InChI is InChI=1S/C14H20N2O2S/c1-18-11-4-6-12(7-5-11)19-9-14(17)16-13(8-15)10-2-3-10/h4-7,10,13H,2-3,8-9,15H2,1H3,(H,16,17). The monoisotopic (exact) mass is 280 g/mol. The third-order valence-corrected chi connectivity index (χ3v) is 4.23. The number of amides is 1. The van der Waals surface area contributed by atoms with Crippen molar-refractivity contribution in [3.05, 3.63) is 24.3 Å². The molecule has 0 spiro atoms. The fourth-order valence-electron chi connectivity index (χ4n) is 1.94. The minimum Gasteiger partial charge on any atom is -0.497 e. The van der Waals surface area contributed by atoms with Gasteiger partial charge in [-0.2, -0.15) is 0 Å². The molecule has 1 aromatic rings. The molecule has 1 aromatic carbocycles. The quantitative estimate of drug-likeness (QED) is 0.745. The summed E-state index contributed by atoms with van der Waals surface area (Å²) in [7, 11) is 1.64. The highest BCUT2D eigenvalue weighted by Crippen LogP contribution is 2.32. The summed E-state index contributed by atoms with van der Waals surface area (Å²) < 4.78 is 5.09. The Hall–Kier alpha value is -1.20. The van der Waals surface area contributed by atoms with Gasteiger partial charge in [-0.25, -0.2) is 0 Å². The fraction of sp³-hybridized carbons (Fsp3) is 0.500. The molecule has 0 bridgehead atoms. The molecule has 1 atom stereocenters. The van der Waals surface area contributed by atoms with Gasteiger partial charge in [-0.05, 0) is 43.0 Å². The molecule has 1 unspecified atom stereocenters. The number of thioether (sulfide) groups is 1. The molecule has 1 aliphatic carbocycles. The molecule has 4 nitrogen and oxygen atoms in total. The summed E-state index contributed by atoms with van der Waals surface area (Å²) in [6.45, 7) is 0.531. The van der Waals surface area contributed by atoms with Crippen LogP contribution in [0.15, 0.2) is 29.2 Å². The molecule has 0 aliphatic heterocycles. The van der Waals surface area contributed by atoms with Crippen molar-refractivity contribution in [2.75, 3.05) is 19.4 Å². The Morgan fingerprint density at radius 2 is 2.16 bits per heavy atom. The maximum absolute atomic E-state index is 11.8. The summed E-state index contributed by atoms with van der Waals surface area (Å²) in [6, 6.07) is 7.86. The van der Waals surface area contributed by atoms with Gasteiger partial charge in [0, 0.05) is 17.5 Å². The van der Waals surface area contributed by atoms with Crippen molar-refractivity contribution in [2.24, 2.45) is 11.7 Å². The lowest BCUT2D eigenvalue weighted by molar-refractivity contribution is -0.119. The molecule has 3 N–H and O–H groups in total. The van der Waals surface area contributed by atoms with E-state index in [0.29, 0.717) is 18.2 Å². The summed E-state index contributed by atoms with van der Waals surface area (Å²) >= 11 is 1.52. The smallest absolute Gasteiger partial charge is 0.230 e. The van der Waals surface area contributed by atoms with Crippen LogP contribution in [0, 0.1) is 5.92 Å². The fourth-order valence-corrected chi connectivity index (χ4v) is 2.65. The van der Waals surface area contributed by atoms with Crippen LogP contribution in [0.25, 0.3) is 0 Å². The molecule has 1 saturated carbocycles. The molecule has 0 heterocycles. The van der Waals surface area contributed by atoms with E-state index < -0.39 is 0 Å². The molecule has 1 aliphatic rings. The normalized spacial score (nSPS) is 15.9. The van der Waals surface area contributed by atoms with Gasteiger partial charge in [-0.3, -0.25) is 4.79 Å². The number of nitrogens with two attached hydrogens (primary N) is 1. The summed E-state index contributed by atoms with van der Waals surface area (Å²) in [5.74, 6) is 1.91. The lowest BCUT2D eigenvalue weighted by Gasteiger charge is -2.15. The number of carbonyl (C=O) groups excluding carboxylic acids is 1. The highest BCUT2D eigenvalue weighted by atomic mass is 32.2. The SMILES string of the molecule is COc1ccc(SCC(=O)NC(CN)C2CC2)cc1. The largest absolute Gasteiger partial charge is 0.497 e. The van der Waals surface area contributed by atoms with Gasteiger partial charge in [-0.15, -0.1) is 11.8 Å². The van der Waals surface area contributed by atoms with Crippen LogP contribution in [0.5, 0.6) is 5.75 Å². The first-order valence-corrected chi connectivity index (χ1v) is 7.47. The van der Waals surface area contributed by atoms with Crippen molar-refractivity contribution in [2.45, 2.75) is 23.8 Å². The molecule has 1 fully saturated rings. The van der Waals surface area contributed by atoms with E-state index in [1.54, 1.807) is 7.11 Å². The van der Waals surface area contributed by atoms with Crippen LogP contribution in [-0.2, 0) is 4.79 Å². The number of methoxy groups -OCH3 is 1. The Morgan fingerprint density at radius 1 is 1.47 bits per heavy atom. The molecule has 19 heavy (non-hydrogen) atoms. The highest BCUT2D eigenvalue weighted by Gasteiger charge is 2.31. The average molecular weight is 280 g/mol. The Balaban J connectivity index is 1.75. The van der Waals surface area contributed by atoms with Crippen molar-refractivity contribution in [1.82, 2.24) is 5.32 Å². The molecule has 2 rings (SSSR count). The van der Waals surface area contributed by atoms with E-state index in [9.17, 15) is 4.79 Å². The maximum atomic E-state index is 11.8. The van der Waals surface area contributed by atoms with Crippen LogP contribution < -0.4 is 15.8 Å². The average Bonchev–Trinajstić information content (AvgIpc) is 3.27. The van der Waals surface area contributed by atoms with Crippen LogP contribution in [0.1, 0.15) is 12.8 Å². The van der Waals surface area contributed by atoms with Crippen molar-refractivity contribution < 1.29 is 9.53 Å². The first-order chi connectivity index (χ1) is 9.22. The molecule has 0 saturated heterocycles. The molecule has 5 heteroatoms. The van der Waals surface area contributed by atoms with Crippen LogP contribution in [0.2, 0.25) is 0 Å². The van der Waals surface area contributed by atoms with Gasteiger partial charge in [0.1, 0.15) is 5.75 Å². The first-order valence-electron chi connectivity index (χ1n) is 6.49. The van der Waals surface area contributed by atoms with Gasteiger partial charge in [0.2, 0.25) is 5.91 Å². The zero-order valence-corrected chi connectivity index (χ0v) is 11.9. The predicted molar refractivity (Wildman–Crippen MR) is 77.4 cm³/mol. The number of hydrogen-bond donors (Lipinski definition) is 2. The Bertz CT molecular complexity index is 418. The van der Waals surface area contributed by atoms with Crippen molar-refractivity contribution in [3.63, 3.8) is 0 Å². The van der Waals surface area contributed by atoms with Gasteiger partial charge in [0.25, 0.3) is 0 Å². The van der Waals surface area contributed by atoms with E-state index in [4.69, 9.17) is 10.5 Å². The number of carbonyl (C=O) groups is 1. The minimum atomic E-state index is 0.0585. The van der Waals surface area contributed by atoms with Gasteiger partial charge in [-0.1, -0.05) is 0 Å². The lowest BCUT2D eigenvalue weighted by Crippen LogP contribution is -2.42. The molecule has 104 valence electrons. The topological polar surface area (TPSA) is 64.3 Å². The van der Waals surface area contributed by atoms with E-state index in [0.717, 1.165) is 10.6 Å². The van der Waals surface area contributed by atoms with Gasteiger partial charge < -0.3 is 15.8 Å². The van der Waals surface area contributed by atoms with Gasteiger partial charge in [0.05, 0.1) is 12.9 Å². The molecular formula is C14H20N2O2S. The van der Waals surface area contributed by atoms with Crippen molar-refractivity contribution in [3.8, 4) is 5.75 Å². The minimum absolute atomic E-state index is 0.0585. The van der Waals surface area contributed by atoms with E-state index in [2.05, 4.69) is 5.32 Å². The summed E-state index contributed by atoms with van der Waals surface area (Å²) in [5.41, 5.74) is 5.67. The third kappa shape index (κ3) is 4.44. The van der Waals surface area contributed by atoms with Crippen molar-refractivity contribution >= 4 is 17.7 Å². The Morgan fingerprint density at radius 3 is 2.68 bits per heavy atom. The predicted octanol–water partition coefficient (Wildman–Crippen LogP) is 1.64. The van der Waals surface area contributed by atoms with E-state index in [-0.39, 0.29) is 11.9 Å². The Kier molecular flexibility index (Phi) is 5.10. The van der Waals surface area contributed by atoms with Crippen LogP contribution in [0.4, 0.5) is 0 Å². The van der Waals surface area contributed by atoms with Crippen LogP contribution in [0.3, 0.4) is 0 Å². The lowest BCUT2D eigenvalue weighted by atomic mass is 10.2. The third-order valence-electron chi connectivity index (χ3n) is 3.22. The van der Waals surface area contributed by atoms with E-state index in [1.165, 1.54) is 24.6 Å². The second-order valence-corrected chi connectivity index (χ2v) is 5.76. The summed E-state index contributed by atoms with van der Waals surface area (Å²) in [4.78, 5) is 12.9. The molecule has 1 amide bonds. The van der Waals surface area contributed by atoms with Crippen molar-refractivity contribution in [1.29, 1.82) is 0 Å². The van der Waals surface area contributed by atoms with Crippen LogP contribution >= 0.6 is 11.8 Å². The van der Waals surface area contributed by atoms with E-state index in [1.807, 2.05) is 24.3 Å². The number of ether oxygens (including phenoxy) is 1. The Labute approximate surface area is 118 Å². The number of benzene rings is 1. The zero-order valence-electron chi connectivity index (χ0n) is 11.1. The number of nitrogens with one attached hydrogen (secondary N) is 1. The van der Waals surface area contributed by atoms with Gasteiger partial charge in [0.15, 0.2) is 0 Å². The molecule has 0 aromatic heterocycles. The second kappa shape index (κ2) is 6.82. The van der Waals surface area contributed by atoms with E-state index >= 15 is 0 Å². The summed E-state index contributed by atoms with van der Waals surface area (Å²) in [6.07, 6.45) is 2.38. The number of hydrogen-bond acceptors (Lipinski definition) is 4. The first kappa shape index (κ1) is 14.2. The number of rotatable bonds is 7. The van der Waals surface area contributed by atoms with Crippen LogP contribution in [-0.4, -0.2) is 31.4 Å². The molecular weight excluding hydrogens is 260 g/mol. The maximum Gasteiger partial charge on any atom is 0.230 e. The second-order valence-electron chi connectivity index (χ2n) is 4.71. The highest BCUT2D eigenvalue weighted by molar-refractivity contribution is 8.00. The summed E-state index contributed by atoms with van der Waals surface area (Å²) in [5, 5.41) is 3.01. The zero-order chi connectivity index (χ0) is 13.7.